The van der Waals surface area contributed by atoms with Crippen LogP contribution in [0.4, 0.5) is 0 Å². The van der Waals surface area contributed by atoms with Crippen LogP contribution in [0.3, 0.4) is 0 Å². The summed E-state index contributed by atoms with van der Waals surface area (Å²) in [5, 5.41) is 14.0. The molecule has 6 heteroatoms. The van der Waals surface area contributed by atoms with Gasteiger partial charge >= 0.3 is 0 Å². The van der Waals surface area contributed by atoms with E-state index in [1.54, 1.807) is 16.4 Å². The largest absolute Gasteiger partial charge is 0.337 e. The molecule has 22 heavy (non-hydrogen) atoms. The first-order chi connectivity index (χ1) is 10.9. The molecule has 2 heterocycles. The lowest BCUT2D eigenvalue weighted by Gasteiger charge is -2.06. The zero-order valence-corrected chi connectivity index (χ0v) is 12.5. The summed E-state index contributed by atoms with van der Waals surface area (Å²) < 4.78 is 3.96. The maximum Gasteiger partial charge on any atom is 0.215 e. The fourth-order valence-electron chi connectivity index (χ4n) is 2.38. The molecule has 4 aromatic rings. The maximum absolute atomic E-state index is 4.12. The van der Waals surface area contributed by atoms with Crippen LogP contribution in [0.5, 0.6) is 0 Å². The average Bonchev–Trinajstić information content (AvgIpc) is 3.20. The number of tetrazole rings is 1. The maximum atomic E-state index is 4.12. The molecule has 0 saturated carbocycles. The third kappa shape index (κ3) is 2.37. The van der Waals surface area contributed by atoms with Crippen molar-refractivity contribution >= 4 is 22.7 Å². The highest BCUT2D eigenvalue weighted by Gasteiger charge is 2.09. The second-order valence-corrected chi connectivity index (χ2v) is 5.74. The number of thioether (sulfide) groups is 1. The van der Waals surface area contributed by atoms with Crippen molar-refractivity contribution < 1.29 is 0 Å². The molecule has 0 atom stereocenters. The number of fused-ring (bicyclic) bond motifs is 1. The predicted molar refractivity (Wildman–Crippen MR) is 86.9 cm³/mol. The molecule has 0 saturated heterocycles. The minimum Gasteiger partial charge on any atom is -0.337 e. The fraction of sp³-hybridized carbons (Fsp3) is 0.0625. The van der Waals surface area contributed by atoms with Gasteiger partial charge in [0.2, 0.25) is 5.16 Å². The Kier molecular flexibility index (Phi) is 3.36. The second-order valence-electron chi connectivity index (χ2n) is 4.83. The summed E-state index contributed by atoms with van der Waals surface area (Å²) in [5.41, 5.74) is 2.18. The van der Waals surface area contributed by atoms with Gasteiger partial charge in [-0.15, -0.1) is 5.10 Å². The lowest BCUT2D eigenvalue weighted by molar-refractivity contribution is 0.754. The zero-order chi connectivity index (χ0) is 14.8. The number of hydrogen-bond acceptors (Lipinski definition) is 4. The monoisotopic (exact) mass is 307 g/mol. The van der Waals surface area contributed by atoms with Crippen LogP contribution in [0.2, 0.25) is 0 Å². The molecular weight excluding hydrogens is 294 g/mol. The van der Waals surface area contributed by atoms with Crippen molar-refractivity contribution in [1.82, 2.24) is 24.8 Å². The van der Waals surface area contributed by atoms with Crippen molar-refractivity contribution in [3.05, 3.63) is 66.9 Å². The number of nitrogens with zero attached hydrogens (tertiary/aromatic N) is 5. The van der Waals surface area contributed by atoms with Gasteiger partial charge in [0.15, 0.2) is 0 Å². The predicted octanol–water partition coefficient (Wildman–Crippen LogP) is 3.37. The van der Waals surface area contributed by atoms with Gasteiger partial charge in [0.1, 0.15) is 0 Å². The molecule has 4 rings (SSSR count). The first-order valence-corrected chi connectivity index (χ1v) is 7.91. The standard InChI is InChI=1S/C16H13N5S/c1-2-7-14(8-3-1)21-16(17-18-19-21)22-12-20-11-10-13-6-4-5-9-15(13)20/h1-11H,12H2. The Hall–Kier alpha value is -2.60. The molecule has 0 aliphatic rings. The number of benzene rings is 2. The van der Waals surface area contributed by atoms with E-state index in [1.807, 2.05) is 30.3 Å². The van der Waals surface area contributed by atoms with Crippen molar-refractivity contribution in [3.63, 3.8) is 0 Å². The Bertz CT molecular complexity index is 897. The first kappa shape index (κ1) is 13.1. The molecule has 2 aromatic carbocycles. The van der Waals surface area contributed by atoms with E-state index in [1.165, 1.54) is 10.9 Å². The lowest BCUT2D eigenvalue weighted by atomic mass is 10.2. The van der Waals surface area contributed by atoms with Crippen molar-refractivity contribution in [3.8, 4) is 5.69 Å². The lowest BCUT2D eigenvalue weighted by Crippen LogP contribution is -2.00. The van der Waals surface area contributed by atoms with Gasteiger partial charge < -0.3 is 4.57 Å². The number of aromatic nitrogens is 5. The van der Waals surface area contributed by atoms with E-state index in [-0.39, 0.29) is 0 Å². The Balaban J connectivity index is 1.59. The smallest absolute Gasteiger partial charge is 0.215 e. The van der Waals surface area contributed by atoms with Crippen molar-refractivity contribution in [2.24, 2.45) is 0 Å². The Morgan fingerprint density at radius 2 is 1.73 bits per heavy atom. The van der Waals surface area contributed by atoms with Crippen LogP contribution in [-0.2, 0) is 5.88 Å². The van der Waals surface area contributed by atoms with E-state index in [0.717, 1.165) is 16.7 Å². The van der Waals surface area contributed by atoms with E-state index < -0.39 is 0 Å². The minimum atomic E-state index is 0.765. The van der Waals surface area contributed by atoms with E-state index >= 15 is 0 Å². The summed E-state index contributed by atoms with van der Waals surface area (Å²) in [5.74, 6) is 0.765. The normalized spacial score (nSPS) is 11.1. The van der Waals surface area contributed by atoms with E-state index in [9.17, 15) is 0 Å². The summed E-state index contributed by atoms with van der Waals surface area (Å²) in [7, 11) is 0. The van der Waals surface area contributed by atoms with Gasteiger partial charge in [-0.2, -0.15) is 4.68 Å². The van der Waals surface area contributed by atoms with E-state index in [4.69, 9.17) is 0 Å². The summed E-state index contributed by atoms with van der Waals surface area (Å²) in [6, 6.07) is 20.4. The van der Waals surface area contributed by atoms with E-state index in [0.29, 0.717) is 0 Å². The Labute approximate surface area is 131 Å². The molecule has 2 aromatic heterocycles. The van der Waals surface area contributed by atoms with Gasteiger partial charge in [-0.05, 0) is 40.1 Å². The van der Waals surface area contributed by atoms with Crippen molar-refractivity contribution in [2.75, 3.05) is 0 Å². The quantitative estimate of drug-likeness (QED) is 0.542. The fourth-order valence-corrected chi connectivity index (χ4v) is 3.22. The van der Waals surface area contributed by atoms with Crippen LogP contribution < -0.4 is 0 Å². The summed E-state index contributed by atoms with van der Waals surface area (Å²) in [4.78, 5) is 0. The van der Waals surface area contributed by atoms with Crippen LogP contribution >= 0.6 is 11.8 Å². The average molecular weight is 307 g/mol. The molecule has 0 aliphatic heterocycles. The molecule has 0 radical (unpaired) electrons. The van der Waals surface area contributed by atoms with Crippen molar-refractivity contribution in [1.29, 1.82) is 0 Å². The minimum absolute atomic E-state index is 0.765. The third-order valence-corrected chi connectivity index (χ3v) is 4.37. The molecular formula is C16H13N5S. The zero-order valence-electron chi connectivity index (χ0n) is 11.7. The van der Waals surface area contributed by atoms with Crippen LogP contribution in [0.25, 0.3) is 16.6 Å². The molecule has 108 valence electrons. The highest BCUT2D eigenvalue weighted by Crippen LogP contribution is 2.23. The molecule has 5 nitrogen and oxygen atoms in total. The van der Waals surface area contributed by atoms with Gasteiger partial charge in [-0.1, -0.05) is 48.2 Å². The van der Waals surface area contributed by atoms with Crippen LogP contribution in [0.1, 0.15) is 0 Å². The highest BCUT2D eigenvalue weighted by molar-refractivity contribution is 7.98. The summed E-state index contributed by atoms with van der Waals surface area (Å²) in [6.07, 6.45) is 2.09. The van der Waals surface area contributed by atoms with Gasteiger partial charge in [0, 0.05) is 11.7 Å². The number of hydrogen-bond donors (Lipinski definition) is 0. The van der Waals surface area contributed by atoms with Gasteiger partial charge in [-0.3, -0.25) is 0 Å². The Morgan fingerprint density at radius 3 is 2.64 bits per heavy atom. The molecule has 0 aliphatic carbocycles. The topological polar surface area (TPSA) is 48.5 Å². The highest BCUT2D eigenvalue weighted by atomic mass is 32.2. The van der Waals surface area contributed by atoms with Crippen LogP contribution in [0.15, 0.2) is 72.0 Å². The number of rotatable bonds is 4. The Morgan fingerprint density at radius 1 is 0.909 bits per heavy atom. The first-order valence-electron chi connectivity index (χ1n) is 6.92. The van der Waals surface area contributed by atoms with Crippen LogP contribution in [0, 0.1) is 0 Å². The second kappa shape index (κ2) is 5.65. The molecule has 0 bridgehead atoms. The van der Waals surface area contributed by atoms with Crippen molar-refractivity contribution in [2.45, 2.75) is 11.0 Å². The molecule has 0 N–H and O–H groups in total. The SMILES string of the molecule is c1ccc(-n2nnnc2SCn2ccc3ccccc32)cc1. The van der Waals surface area contributed by atoms with Gasteiger partial charge in [-0.25, -0.2) is 0 Å². The third-order valence-electron chi connectivity index (χ3n) is 3.45. The molecule has 0 spiro atoms. The summed E-state index contributed by atoms with van der Waals surface area (Å²) in [6.45, 7) is 0. The van der Waals surface area contributed by atoms with Crippen LogP contribution in [-0.4, -0.2) is 24.8 Å². The molecule has 0 unspecified atom stereocenters. The summed E-state index contributed by atoms with van der Waals surface area (Å²) >= 11 is 1.61. The molecule has 0 amide bonds. The van der Waals surface area contributed by atoms with E-state index in [2.05, 4.69) is 56.6 Å². The molecule has 0 fully saturated rings. The van der Waals surface area contributed by atoms with Gasteiger partial charge in [0.25, 0.3) is 0 Å². The van der Waals surface area contributed by atoms with Gasteiger partial charge in [0.05, 0.1) is 11.6 Å². The number of para-hydroxylation sites is 2.